The van der Waals surface area contributed by atoms with E-state index in [2.05, 4.69) is 27.7 Å². The van der Waals surface area contributed by atoms with Gasteiger partial charge in [0.15, 0.2) is 5.78 Å². The van der Waals surface area contributed by atoms with Gasteiger partial charge in [0.2, 0.25) is 0 Å². The Morgan fingerprint density at radius 2 is 1.69 bits per heavy atom. The number of hydrogen-bond acceptors (Lipinski definition) is 5. The van der Waals surface area contributed by atoms with E-state index in [0.29, 0.717) is 18.3 Å². The van der Waals surface area contributed by atoms with Crippen molar-refractivity contribution in [2.24, 2.45) is 51.8 Å². The second-order valence-electron chi connectivity index (χ2n) is 13.6. The van der Waals surface area contributed by atoms with Crippen molar-refractivity contribution in [3.63, 3.8) is 0 Å². The van der Waals surface area contributed by atoms with Gasteiger partial charge < -0.3 is 14.6 Å². The molecule has 5 rings (SSSR count). The molecule has 10 unspecified atom stereocenters. The topological polar surface area (TPSA) is 89.9 Å². The first kappa shape index (κ1) is 25.9. The molecule has 5 aliphatic carbocycles. The normalized spacial score (nSPS) is 48.0. The van der Waals surface area contributed by atoms with E-state index in [1.807, 2.05) is 6.08 Å². The summed E-state index contributed by atoms with van der Waals surface area (Å²) in [6.45, 7) is 9.20. The number of ether oxygens (including phenoxy) is 2. The molecule has 200 valence electrons. The van der Waals surface area contributed by atoms with Gasteiger partial charge in [0.25, 0.3) is 0 Å². The number of carboxylic acid groups (broad SMARTS) is 1. The first-order chi connectivity index (χ1) is 16.9. The summed E-state index contributed by atoms with van der Waals surface area (Å²) in [5.74, 6) is 0.0461. The van der Waals surface area contributed by atoms with Crippen LogP contribution in [0.1, 0.15) is 85.5 Å². The van der Waals surface area contributed by atoms with Crippen molar-refractivity contribution in [3.8, 4) is 0 Å². The molecule has 0 spiro atoms. The maximum atomic E-state index is 14.1. The van der Waals surface area contributed by atoms with Crippen LogP contribution < -0.4 is 0 Å². The molecule has 0 bridgehead atoms. The molecule has 0 aromatic rings. The van der Waals surface area contributed by atoms with Gasteiger partial charge in [0, 0.05) is 13.0 Å². The van der Waals surface area contributed by atoms with Gasteiger partial charge >= 0.3 is 11.9 Å². The van der Waals surface area contributed by atoms with Gasteiger partial charge in [-0.05, 0) is 104 Å². The third-order valence-electron chi connectivity index (χ3n) is 11.9. The number of aliphatic carboxylic acids is 1. The molecule has 4 fully saturated rings. The molecule has 6 nitrogen and oxygen atoms in total. The van der Waals surface area contributed by atoms with Crippen LogP contribution in [-0.4, -0.2) is 42.6 Å². The zero-order valence-corrected chi connectivity index (χ0v) is 22.7. The van der Waals surface area contributed by atoms with Crippen LogP contribution in [0.2, 0.25) is 0 Å². The van der Waals surface area contributed by atoms with E-state index in [4.69, 9.17) is 9.47 Å². The summed E-state index contributed by atoms with van der Waals surface area (Å²) in [5, 5.41) is 9.77. The van der Waals surface area contributed by atoms with Crippen molar-refractivity contribution < 1.29 is 29.0 Å². The first-order valence-corrected chi connectivity index (χ1v) is 14.1. The zero-order valence-electron chi connectivity index (χ0n) is 22.7. The fraction of sp³-hybridized carbons (Fsp3) is 0.833. The molecule has 0 aliphatic heterocycles. The van der Waals surface area contributed by atoms with Crippen LogP contribution in [0.25, 0.3) is 0 Å². The molecule has 0 saturated heterocycles. The maximum absolute atomic E-state index is 14.1. The Hall–Kier alpha value is -1.69. The molecule has 0 aromatic heterocycles. The number of esters is 1. The summed E-state index contributed by atoms with van der Waals surface area (Å²) in [7, 11) is 1.50. The lowest BCUT2D eigenvalue weighted by Gasteiger charge is -2.65. The standard InChI is InChI=1S/C30H44O6/c1-17-20-8-12-30(4)21-7-11-28(2)10-6-18(27(33)34)14-22(28)19(21)15-23(31)26(30)29(20,3)13-9-24(17)36-25(32)16-35-5/h15,17-18,20-22,24,26H,6-14,16H2,1-5H3,(H,33,34). The minimum atomic E-state index is -0.684. The van der Waals surface area contributed by atoms with E-state index in [9.17, 15) is 19.5 Å². The van der Waals surface area contributed by atoms with E-state index in [1.54, 1.807) is 0 Å². The third-order valence-corrected chi connectivity index (χ3v) is 11.9. The highest BCUT2D eigenvalue weighted by atomic mass is 16.6. The maximum Gasteiger partial charge on any atom is 0.332 e. The van der Waals surface area contributed by atoms with Crippen LogP contribution in [0.5, 0.6) is 0 Å². The van der Waals surface area contributed by atoms with Crippen molar-refractivity contribution in [3.05, 3.63) is 11.6 Å². The average Bonchev–Trinajstić information content (AvgIpc) is 2.80. The van der Waals surface area contributed by atoms with Crippen LogP contribution in [0.15, 0.2) is 11.6 Å². The van der Waals surface area contributed by atoms with Crippen molar-refractivity contribution in [1.29, 1.82) is 0 Å². The van der Waals surface area contributed by atoms with Gasteiger partial charge in [-0.15, -0.1) is 0 Å². The number of fused-ring (bicyclic) bond motifs is 7. The van der Waals surface area contributed by atoms with Gasteiger partial charge in [-0.1, -0.05) is 33.3 Å². The van der Waals surface area contributed by atoms with Crippen LogP contribution >= 0.6 is 0 Å². The Labute approximate surface area is 215 Å². The molecule has 0 aromatic carbocycles. The quantitative estimate of drug-likeness (QED) is 0.517. The van der Waals surface area contributed by atoms with Crippen LogP contribution in [0, 0.1) is 51.8 Å². The lowest BCUT2D eigenvalue weighted by atomic mass is 9.38. The second-order valence-corrected chi connectivity index (χ2v) is 13.6. The molecule has 1 N–H and O–H groups in total. The number of allylic oxidation sites excluding steroid dienone is 2. The monoisotopic (exact) mass is 500 g/mol. The minimum absolute atomic E-state index is 0.0254. The molecule has 0 heterocycles. The smallest absolute Gasteiger partial charge is 0.332 e. The average molecular weight is 501 g/mol. The molecule has 36 heavy (non-hydrogen) atoms. The summed E-state index contributed by atoms with van der Waals surface area (Å²) in [4.78, 5) is 38.1. The van der Waals surface area contributed by atoms with E-state index in [1.165, 1.54) is 12.7 Å². The number of rotatable bonds is 4. The summed E-state index contributed by atoms with van der Waals surface area (Å²) >= 11 is 0. The Morgan fingerprint density at radius 1 is 1.00 bits per heavy atom. The molecule has 10 atom stereocenters. The highest BCUT2D eigenvalue weighted by molar-refractivity contribution is 5.95. The highest BCUT2D eigenvalue weighted by Gasteiger charge is 2.65. The Kier molecular flexibility index (Phi) is 6.45. The number of carboxylic acids is 1. The van der Waals surface area contributed by atoms with Gasteiger partial charge in [0.05, 0.1) is 5.92 Å². The molecule has 5 aliphatic rings. The Bertz CT molecular complexity index is 970. The number of carbonyl (C=O) groups excluding carboxylic acids is 2. The van der Waals surface area contributed by atoms with E-state index < -0.39 is 5.97 Å². The Balaban J connectivity index is 1.45. The van der Waals surface area contributed by atoms with Gasteiger partial charge in [-0.25, -0.2) is 4.79 Å². The Morgan fingerprint density at radius 3 is 2.39 bits per heavy atom. The molecule has 0 amide bonds. The summed E-state index contributed by atoms with van der Waals surface area (Å²) in [6.07, 6.45) is 10.2. The van der Waals surface area contributed by atoms with Gasteiger partial charge in [-0.3, -0.25) is 9.59 Å². The number of hydrogen-bond donors (Lipinski definition) is 1. The van der Waals surface area contributed by atoms with Crippen LogP contribution in [-0.2, 0) is 23.9 Å². The lowest BCUT2D eigenvalue weighted by molar-refractivity contribution is -0.183. The van der Waals surface area contributed by atoms with Gasteiger partial charge in [-0.2, -0.15) is 0 Å². The van der Waals surface area contributed by atoms with Crippen molar-refractivity contribution >= 4 is 17.7 Å². The van der Waals surface area contributed by atoms with E-state index in [-0.39, 0.29) is 64.4 Å². The first-order valence-electron chi connectivity index (χ1n) is 14.1. The SMILES string of the molecule is COCC(=O)OC1CCC2(C)C(CCC3(C)C4CCC5(C)CCC(C(=O)O)CC5C4=CC(=O)C32)C1C. The molecule has 0 radical (unpaired) electrons. The highest BCUT2D eigenvalue weighted by Crippen LogP contribution is 2.69. The predicted octanol–water partition coefficient (Wildman–Crippen LogP) is 5.44. The van der Waals surface area contributed by atoms with Crippen molar-refractivity contribution in [2.75, 3.05) is 13.7 Å². The second kappa shape index (κ2) is 8.96. The van der Waals surface area contributed by atoms with E-state index >= 15 is 0 Å². The summed E-state index contributed by atoms with van der Waals surface area (Å²) in [6, 6.07) is 0. The predicted molar refractivity (Wildman–Crippen MR) is 135 cm³/mol. The molecule has 4 saturated carbocycles. The largest absolute Gasteiger partial charge is 0.481 e. The number of ketones is 1. The summed E-state index contributed by atoms with van der Waals surface area (Å²) < 4.78 is 10.8. The third kappa shape index (κ3) is 3.80. The van der Waals surface area contributed by atoms with Gasteiger partial charge in [0.1, 0.15) is 12.7 Å². The molecular formula is C30H44O6. The minimum Gasteiger partial charge on any atom is -0.481 e. The van der Waals surface area contributed by atoms with Crippen molar-refractivity contribution in [1.82, 2.24) is 0 Å². The molecule has 6 heteroatoms. The van der Waals surface area contributed by atoms with Crippen LogP contribution in [0.3, 0.4) is 0 Å². The number of carbonyl (C=O) groups is 3. The zero-order chi connectivity index (χ0) is 26.0. The lowest BCUT2D eigenvalue weighted by Crippen LogP contribution is -2.62. The fourth-order valence-electron chi connectivity index (χ4n) is 10.1. The number of methoxy groups -OCH3 is 1. The summed E-state index contributed by atoms with van der Waals surface area (Å²) in [5.41, 5.74) is 1.17. The van der Waals surface area contributed by atoms with Crippen LogP contribution in [0.4, 0.5) is 0 Å². The molecular weight excluding hydrogens is 456 g/mol. The van der Waals surface area contributed by atoms with E-state index in [0.717, 1.165) is 51.4 Å². The fourth-order valence-corrected chi connectivity index (χ4v) is 10.1. The van der Waals surface area contributed by atoms with Crippen molar-refractivity contribution in [2.45, 2.75) is 91.6 Å².